The zero-order valence-electron chi connectivity index (χ0n) is 20.5. The summed E-state index contributed by atoms with van der Waals surface area (Å²) in [5.41, 5.74) is 4.36. The Morgan fingerprint density at radius 3 is 2.64 bits per heavy atom. The number of hydrogen-bond donors (Lipinski definition) is 1. The molecule has 0 fully saturated rings. The lowest BCUT2D eigenvalue weighted by atomic mass is 10.0. The standard InChI is InChI=1S/C28H23Cl2F3N4O2/c29-20-5-8-22-23-17-36(12-1-2-18-3-6-21(7-4-18)39-28(31,32)33)13-10-24(23)37(25(22)15-20)27(38)35-16-19-9-11-34-26(30)14-19/h1-9,11,14-15H,10,12-13,16-17H2,(H,35,38). The Balaban J connectivity index is 1.30. The molecule has 0 spiro atoms. The summed E-state index contributed by atoms with van der Waals surface area (Å²) in [6.07, 6.45) is 1.36. The van der Waals surface area contributed by atoms with Gasteiger partial charge >= 0.3 is 12.4 Å². The minimum absolute atomic E-state index is 0.247. The second-order valence-electron chi connectivity index (χ2n) is 9.07. The number of benzene rings is 2. The molecule has 202 valence electrons. The number of alkyl halides is 3. The Morgan fingerprint density at radius 2 is 1.90 bits per heavy atom. The van der Waals surface area contributed by atoms with Crippen LogP contribution in [0.15, 0.2) is 66.9 Å². The van der Waals surface area contributed by atoms with Gasteiger partial charge in [0.05, 0.1) is 5.52 Å². The first-order chi connectivity index (χ1) is 18.7. The van der Waals surface area contributed by atoms with Gasteiger partial charge in [-0.3, -0.25) is 9.47 Å². The number of carbonyl (C=O) groups excluding carboxylic acids is 1. The van der Waals surface area contributed by atoms with Crippen molar-refractivity contribution in [3.8, 4) is 5.75 Å². The largest absolute Gasteiger partial charge is 0.573 e. The van der Waals surface area contributed by atoms with E-state index in [1.807, 2.05) is 24.3 Å². The first-order valence-corrected chi connectivity index (χ1v) is 12.9. The summed E-state index contributed by atoms with van der Waals surface area (Å²) in [7, 11) is 0. The maximum absolute atomic E-state index is 13.3. The van der Waals surface area contributed by atoms with Gasteiger partial charge in [-0.1, -0.05) is 53.6 Å². The molecule has 11 heteroatoms. The normalized spacial score (nSPS) is 14.1. The Bertz CT molecular complexity index is 1530. The van der Waals surface area contributed by atoms with Crippen molar-refractivity contribution in [3.63, 3.8) is 0 Å². The van der Waals surface area contributed by atoms with Crippen LogP contribution in [0.5, 0.6) is 5.75 Å². The molecule has 1 amide bonds. The number of halogens is 5. The Morgan fingerprint density at radius 1 is 1.10 bits per heavy atom. The molecule has 6 nitrogen and oxygen atoms in total. The molecule has 1 aliphatic rings. The number of rotatable bonds is 6. The van der Waals surface area contributed by atoms with Crippen LogP contribution in [0.25, 0.3) is 17.0 Å². The number of amides is 1. The van der Waals surface area contributed by atoms with Crippen LogP contribution in [0.1, 0.15) is 22.4 Å². The summed E-state index contributed by atoms with van der Waals surface area (Å²) < 4.78 is 42.7. The smallest absolute Gasteiger partial charge is 0.406 e. The Kier molecular flexibility index (Phi) is 7.83. The van der Waals surface area contributed by atoms with Crippen LogP contribution in [-0.4, -0.2) is 39.9 Å². The molecule has 0 bridgehead atoms. The molecule has 0 aliphatic carbocycles. The van der Waals surface area contributed by atoms with Crippen LogP contribution in [-0.2, 0) is 19.5 Å². The third-order valence-electron chi connectivity index (χ3n) is 6.42. The van der Waals surface area contributed by atoms with Gasteiger partial charge in [0.25, 0.3) is 0 Å². The Labute approximate surface area is 232 Å². The van der Waals surface area contributed by atoms with Crippen LogP contribution in [0.4, 0.5) is 18.0 Å². The summed E-state index contributed by atoms with van der Waals surface area (Å²) in [6, 6.07) is 14.5. The lowest BCUT2D eigenvalue weighted by Crippen LogP contribution is -2.34. The molecule has 0 radical (unpaired) electrons. The molecule has 2 aromatic heterocycles. The minimum atomic E-state index is -4.71. The van der Waals surface area contributed by atoms with E-state index < -0.39 is 6.36 Å². The van der Waals surface area contributed by atoms with E-state index in [1.54, 1.807) is 41.1 Å². The van der Waals surface area contributed by atoms with Gasteiger partial charge in [0.2, 0.25) is 0 Å². The lowest BCUT2D eigenvalue weighted by Gasteiger charge is -2.27. The van der Waals surface area contributed by atoms with Crippen LogP contribution < -0.4 is 10.1 Å². The highest BCUT2D eigenvalue weighted by Gasteiger charge is 2.31. The van der Waals surface area contributed by atoms with Crippen molar-refractivity contribution in [2.75, 3.05) is 13.1 Å². The monoisotopic (exact) mass is 574 g/mol. The van der Waals surface area contributed by atoms with E-state index >= 15 is 0 Å². The molecule has 1 N–H and O–H groups in total. The zero-order valence-corrected chi connectivity index (χ0v) is 22.0. The molecule has 39 heavy (non-hydrogen) atoms. The van der Waals surface area contributed by atoms with E-state index in [9.17, 15) is 18.0 Å². The molecule has 0 saturated carbocycles. The highest BCUT2D eigenvalue weighted by Crippen LogP contribution is 2.32. The van der Waals surface area contributed by atoms with E-state index in [0.29, 0.717) is 36.2 Å². The molecule has 0 unspecified atom stereocenters. The van der Waals surface area contributed by atoms with E-state index in [1.165, 1.54) is 12.1 Å². The minimum Gasteiger partial charge on any atom is -0.406 e. The first-order valence-electron chi connectivity index (χ1n) is 12.1. The van der Waals surface area contributed by atoms with Gasteiger partial charge in [0.1, 0.15) is 10.9 Å². The van der Waals surface area contributed by atoms with Gasteiger partial charge in [-0.05, 0) is 53.1 Å². The number of pyridine rings is 1. The average Bonchev–Trinajstić information content (AvgIpc) is 3.20. The molecule has 5 rings (SSSR count). The van der Waals surface area contributed by atoms with Gasteiger partial charge < -0.3 is 10.1 Å². The third kappa shape index (κ3) is 6.55. The van der Waals surface area contributed by atoms with Crippen LogP contribution in [0, 0.1) is 0 Å². The highest BCUT2D eigenvalue weighted by molar-refractivity contribution is 6.31. The van der Waals surface area contributed by atoms with E-state index in [-0.39, 0.29) is 11.8 Å². The molecular formula is C28H23Cl2F3N4O2. The zero-order chi connectivity index (χ0) is 27.6. The van der Waals surface area contributed by atoms with Gasteiger partial charge in [0, 0.05) is 54.9 Å². The second-order valence-corrected chi connectivity index (χ2v) is 9.90. The lowest BCUT2D eigenvalue weighted by molar-refractivity contribution is -0.274. The fraction of sp³-hybridized carbons (Fsp3) is 0.214. The molecular weight excluding hydrogens is 552 g/mol. The van der Waals surface area contributed by atoms with Crippen LogP contribution >= 0.6 is 23.2 Å². The summed E-state index contributed by atoms with van der Waals surface area (Å²) in [5, 5.41) is 4.83. The molecule has 0 saturated heterocycles. The van der Waals surface area contributed by atoms with Crippen LogP contribution in [0.3, 0.4) is 0 Å². The predicted molar refractivity (Wildman–Crippen MR) is 145 cm³/mol. The fourth-order valence-electron chi connectivity index (χ4n) is 4.70. The summed E-state index contributed by atoms with van der Waals surface area (Å²) >= 11 is 12.3. The van der Waals surface area contributed by atoms with Crippen molar-refractivity contribution in [2.45, 2.75) is 25.9 Å². The number of nitrogens with zero attached hydrogens (tertiary/aromatic N) is 3. The van der Waals surface area contributed by atoms with Gasteiger partial charge in [-0.15, -0.1) is 13.2 Å². The summed E-state index contributed by atoms with van der Waals surface area (Å²) in [4.78, 5) is 19.5. The molecule has 0 atom stereocenters. The van der Waals surface area contributed by atoms with Gasteiger partial charge in [-0.2, -0.15) is 0 Å². The average molecular weight is 575 g/mol. The number of aromatic nitrogens is 2. The second kappa shape index (κ2) is 11.3. The van der Waals surface area contributed by atoms with Gasteiger partial charge in [0.15, 0.2) is 0 Å². The van der Waals surface area contributed by atoms with Crippen molar-refractivity contribution < 1.29 is 22.7 Å². The summed E-state index contributed by atoms with van der Waals surface area (Å²) in [6.45, 7) is 2.30. The SMILES string of the molecule is O=C(NCc1ccnc(Cl)c1)n1c2c(c3ccc(Cl)cc31)CN(CC=Cc1ccc(OC(F)(F)F)cc1)CC2. The van der Waals surface area contributed by atoms with Crippen molar-refractivity contribution in [3.05, 3.63) is 99.4 Å². The van der Waals surface area contributed by atoms with E-state index in [4.69, 9.17) is 23.2 Å². The van der Waals surface area contributed by atoms with Crippen LogP contribution in [0.2, 0.25) is 10.2 Å². The maximum atomic E-state index is 13.3. The predicted octanol–water partition coefficient (Wildman–Crippen LogP) is 7.07. The quantitative estimate of drug-likeness (QED) is 0.250. The first kappa shape index (κ1) is 27.1. The van der Waals surface area contributed by atoms with Crippen molar-refractivity contribution in [2.24, 2.45) is 0 Å². The highest BCUT2D eigenvalue weighted by atomic mass is 35.5. The maximum Gasteiger partial charge on any atom is 0.573 e. The van der Waals surface area contributed by atoms with Crippen molar-refractivity contribution in [1.29, 1.82) is 0 Å². The molecule has 4 aromatic rings. The molecule has 1 aliphatic heterocycles. The number of hydrogen-bond acceptors (Lipinski definition) is 4. The summed E-state index contributed by atoms with van der Waals surface area (Å²) in [5.74, 6) is -0.256. The third-order valence-corrected chi connectivity index (χ3v) is 6.86. The Hall–Kier alpha value is -3.53. The van der Waals surface area contributed by atoms with Crippen molar-refractivity contribution in [1.82, 2.24) is 19.8 Å². The van der Waals surface area contributed by atoms with E-state index in [2.05, 4.69) is 19.9 Å². The molecule has 2 aromatic carbocycles. The number of nitrogens with one attached hydrogen (secondary N) is 1. The van der Waals surface area contributed by atoms with Gasteiger partial charge in [-0.25, -0.2) is 9.78 Å². The number of ether oxygens (including phenoxy) is 1. The fourth-order valence-corrected chi connectivity index (χ4v) is 5.06. The number of fused-ring (bicyclic) bond motifs is 3. The van der Waals surface area contributed by atoms with Crippen molar-refractivity contribution >= 4 is 46.2 Å². The van der Waals surface area contributed by atoms with E-state index in [0.717, 1.165) is 39.8 Å². The number of carbonyl (C=O) groups is 1. The molecule has 3 heterocycles. The topological polar surface area (TPSA) is 59.4 Å².